The SMILES string of the molecule is CCCCC(CC)C(=O)NC(C)(CN)C(C)C.Cl. The lowest BCUT2D eigenvalue weighted by molar-refractivity contribution is -0.127. The van der Waals surface area contributed by atoms with Gasteiger partial charge in [-0.05, 0) is 25.7 Å². The quantitative estimate of drug-likeness (QED) is 0.717. The third-order valence-electron chi connectivity index (χ3n) is 3.88. The van der Waals surface area contributed by atoms with Crippen molar-refractivity contribution in [2.24, 2.45) is 17.6 Å². The summed E-state index contributed by atoms with van der Waals surface area (Å²) in [5.74, 6) is 0.655. The fourth-order valence-corrected chi connectivity index (χ4v) is 1.79. The summed E-state index contributed by atoms with van der Waals surface area (Å²) < 4.78 is 0. The summed E-state index contributed by atoms with van der Waals surface area (Å²) in [5, 5.41) is 3.14. The Morgan fingerprint density at radius 1 is 1.33 bits per heavy atom. The van der Waals surface area contributed by atoms with Crippen molar-refractivity contribution >= 4 is 18.3 Å². The number of amides is 1. The van der Waals surface area contributed by atoms with Crippen LogP contribution in [0.1, 0.15) is 60.3 Å². The maximum atomic E-state index is 12.2. The van der Waals surface area contributed by atoms with Crippen LogP contribution in [-0.2, 0) is 4.79 Å². The van der Waals surface area contributed by atoms with Crippen LogP contribution >= 0.6 is 12.4 Å². The highest BCUT2D eigenvalue weighted by atomic mass is 35.5. The summed E-state index contributed by atoms with van der Waals surface area (Å²) in [6.45, 7) is 10.9. The average Bonchev–Trinajstić information content (AvgIpc) is 2.29. The summed E-state index contributed by atoms with van der Waals surface area (Å²) in [6, 6.07) is 0. The number of carbonyl (C=O) groups excluding carboxylic acids is 1. The van der Waals surface area contributed by atoms with Gasteiger partial charge in [-0.15, -0.1) is 12.4 Å². The van der Waals surface area contributed by atoms with Gasteiger partial charge in [0, 0.05) is 12.5 Å². The molecule has 0 aliphatic heterocycles. The minimum absolute atomic E-state index is 0. The van der Waals surface area contributed by atoms with Crippen molar-refractivity contribution in [3.63, 3.8) is 0 Å². The number of hydrogen-bond donors (Lipinski definition) is 2. The molecule has 0 rings (SSSR count). The molecule has 4 heteroatoms. The van der Waals surface area contributed by atoms with Gasteiger partial charge in [-0.25, -0.2) is 0 Å². The molecule has 0 aromatic rings. The number of halogens is 1. The second kappa shape index (κ2) is 9.62. The lowest BCUT2D eigenvalue weighted by Crippen LogP contribution is -2.56. The Kier molecular flexibility index (Phi) is 10.7. The molecule has 3 nitrogen and oxygen atoms in total. The lowest BCUT2D eigenvalue weighted by Gasteiger charge is -2.35. The van der Waals surface area contributed by atoms with Gasteiger partial charge >= 0.3 is 0 Å². The minimum Gasteiger partial charge on any atom is -0.349 e. The van der Waals surface area contributed by atoms with Crippen molar-refractivity contribution in [1.82, 2.24) is 5.32 Å². The van der Waals surface area contributed by atoms with Gasteiger partial charge in [0.05, 0.1) is 5.54 Å². The van der Waals surface area contributed by atoms with Crippen LogP contribution in [-0.4, -0.2) is 18.0 Å². The van der Waals surface area contributed by atoms with Crippen LogP contribution in [0, 0.1) is 11.8 Å². The standard InChI is InChI=1S/C14H30N2O.ClH/c1-6-8-9-12(7-2)13(17)16-14(5,10-15)11(3)4;/h11-12H,6-10,15H2,1-5H3,(H,16,17);1H. The second-order valence-electron chi connectivity index (χ2n) is 5.51. The number of hydrogen-bond acceptors (Lipinski definition) is 2. The van der Waals surface area contributed by atoms with Crippen molar-refractivity contribution in [3.8, 4) is 0 Å². The van der Waals surface area contributed by atoms with Crippen LogP contribution in [0.25, 0.3) is 0 Å². The molecule has 1 amide bonds. The van der Waals surface area contributed by atoms with E-state index < -0.39 is 0 Å². The number of nitrogens with two attached hydrogens (primary N) is 1. The van der Waals surface area contributed by atoms with Crippen molar-refractivity contribution in [3.05, 3.63) is 0 Å². The number of rotatable bonds is 8. The molecule has 0 spiro atoms. The zero-order valence-electron chi connectivity index (χ0n) is 12.6. The molecule has 0 aliphatic carbocycles. The molecule has 2 atom stereocenters. The van der Waals surface area contributed by atoms with Crippen LogP contribution in [0.15, 0.2) is 0 Å². The Labute approximate surface area is 119 Å². The van der Waals surface area contributed by atoms with Crippen molar-refractivity contribution < 1.29 is 4.79 Å². The van der Waals surface area contributed by atoms with E-state index >= 15 is 0 Å². The van der Waals surface area contributed by atoms with E-state index in [-0.39, 0.29) is 29.8 Å². The fourth-order valence-electron chi connectivity index (χ4n) is 1.79. The number of unbranched alkanes of at least 4 members (excludes halogenated alkanes) is 1. The minimum atomic E-state index is -0.281. The molecule has 3 N–H and O–H groups in total. The first kappa shape index (κ1) is 20.0. The van der Waals surface area contributed by atoms with Gasteiger partial charge in [-0.2, -0.15) is 0 Å². The third-order valence-corrected chi connectivity index (χ3v) is 3.88. The fraction of sp³-hybridized carbons (Fsp3) is 0.929. The van der Waals surface area contributed by atoms with E-state index in [1.807, 2.05) is 6.92 Å². The van der Waals surface area contributed by atoms with Crippen molar-refractivity contribution in [2.75, 3.05) is 6.54 Å². The van der Waals surface area contributed by atoms with E-state index in [1.165, 1.54) is 0 Å². The molecule has 110 valence electrons. The van der Waals surface area contributed by atoms with Gasteiger partial charge in [0.25, 0.3) is 0 Å². The molecular weight excluding hydrogens is 248 g/mol. The Bertz CT molecular complexity index is 234. The second-order valence-corrected chi connectivity index (χ2v) is 5.51. The van der Waals surface area contributed by atoms with Crippen LogP contribution in [0.2, 0.25) is 0 Å². The maximum Gasteiger partial charge on any atom is 0.223 e. The number of carbonyl (C=O) groups is 1. The molecule has 0 radical (unpaired) electrons. The number of nitrogens with one attached hydrogen (secondary N) is 1. The molecule has 0 saturated carbocycles. The topological polar surface area (TPSA) is 55.1 Å². The predicted molar refractivity (Wildman–Crippen MR) is 81.0 cm³/mol. The summed E-state index contributed by atoms with van der Waals surface area (Å²) >= 11 is 0. The maximum absolute atomic E-state index is 12.2. The predicted octanol–water partition coefficient (Wildman–Crippen LogP) is 3.11. The van der Waals surface area contributed by atoms with Gasteiger partial charge in [0.2, 0.25) is 5.91 Å². The highest BCUT2D eigenvalue weighted by Crippen LogP contribution is 2.18. The third kappa shape index (κ3) is 6.05. The molecule has 0 aliphatic rings. The Hall–Kier alpha value is -0.280. The molecule has 0 bridgehead atoms. The summed E-state index contributed by atoms with van der Waals surface area (Å²) in [5.41, 5.74) is 5.50. The van der Waals surface area contributed by atoms with Gasteiger partial charge in [-0.1, -0.05) is 40.5 Å². The first-order valence-corrected chi connectivity index (χ1v) is 6.93. The van der Waals surface area contributed by atoms with Crippen molar-refractivity contribution in [1.29, 1.82) is 0 Å². The summed E-state index contributed by atoms with van der Waals surface area (Å²) in [6.07, 6.45) is 4.15. The van der Waals surface area contributed by atoms with E-state index in [4.69, 9.17) is 5.73 Å². The van der Waals surface area contributed by atoms with E-state index in [2.05, 4.69) is 33.0 Å². The van der Waals surface area contributed by atoms with Gasteiger partial charge in [0.15, 0.2) is 0 Å². The van der Waals surface area contributed by atoms with Crippen molar-refractivity contribution in [2.45, 2.75) is 65.8 Å². The van der Waals surface area contributed by atoms with Crippen LogP contribution in [0.3, 0.4) is 0 Å². The van der Waals surface area contributed by atoms with Crippen LogP contribution in [0.5, 0.6) is 0 Å². The van der Waals surface area contributed by atoms with E-state index in [1.54, 1.807) is 0 Å². The summed E-state index contributed by atoms with van der Waals surface area (Å²) in [4.78, 5) is 12.2. The zero-order valence-corrected chi connectivity index (χ0v) is 13.4. The Morgan fingerprint density at radius 2 is 1.89 bits per heavy atom. The summed E-state index contributed by atoms with van der Waals surface area (Å²) in [7, 11) is 0. The molecule has 0 fully saturated rings. The van der Waals surface area contributed by atoms with Crippen LogP contribution in [0.4, 0.5) is 0 Å². The largest absolute Gasteiger partial charge is 0.349 e. The normalized spacial score (nSPS) is 15.7. The van der Waals surface area contributed by atoms with E-state index in [0.717, 1.165) is 25.7 Å². The molecule has 0 aromatic heterocycles. The Morgan fingerprint density at radius 3 is 2.22 bits per heavy atom. The molecular formula is C14H31ClN2O. The Balaban J connectivity index is 0. The first-order valence-electron chi connectivity index (χ1n) is 6.93. The molecule has 0 aromatic carbocycles. The zero-order chi connectivity index (χ0) is 13.5. The lowest BCUT2D eigenvalue weighted by atomic mass is 9.87. The van der Waals surface area contributed by atoms with E-state index in [9.17, 15) is 4.79 Å². The smallest absolute Gasteiger partial charge is 0.223 e. The van der Waals surface area contributed by atoms with Gasteiger partial charge in [-0.3, -0.25) is 4.79 Å². The average molecular weight is 279 g/mol. The molecule has 0 heterocycles. The van der Waals surface area contributed by atoms with Gasteiger partial charge < -0.3 is 11.1 Å². The van der Waals surface area contributed by atoms with Crippen LogP contribution < -0.4 is 11.1 Å². The van der Waals surface area contributed by atoms with Gasteiger partial charge in [0.1, 0.15) is 0 Å². The highest BCUT2D eigenvalue weighted by Gasteiger charge is 2.30. The van der Waals surface area contributed by atoms with E-state index in [0.29, 0.717) is 12.5 Å². The highest BCUT2D eigenvalue weighted by molar-refractivity contribution is 5.85. The molecule has 2 unspecified atom stereocenters. The monoisotopic (exact) mass is 278 g/mol. The molecule has 0 saturated heterocycles. The molecule has 18 heavy (non-hydrogen) atoms. The first-order chi connectivity index (χ1) is 7.91.